The van der Waals surface area contributed by atoms with Crippen molar-refractivity contribution in [2.24, 2.45) is 5.92 Å². The number of carbonyl (C=O) groups is 1. The Hall–Kier alpha value is -0.770. The first-order valence-electron chi connectivity index (χ1n) is 5.45. The maximum Gasteiger partial charge on any atom is 0.273 e. The molecule has 0 fully saturated rings. The zero-order chi connectivity index (χ0) is 12.3. The number of halogens is 2. The van der Waals surface area contributed by atoms with Crippen LogP contribution in [0.3, 0.4) is 0 Å². The molecule has 0 aliphatic rings. The average molecular weight is 246 g/mol. The van der Waals surface area contributed by atoms with Gasteiger partial charge in [-0.1, -0.05) is 20.8 Å². The second kappa shape index (κ2) is 5.53. The van der Waals surface area contributed by atoms with E-state index in [1.54, 1.807) is 12.3 Å². The molecule has 90 valence electrons. The van der Waals surface area contributed by atoms with Gasteiger partial charge >= 0.3 is 0 Å². The number of rotatable bonds is 5. The highest BCUT2D eigenvalue weighted by Crippen LogP contribution is 2.33. The average Bonchev–Trinajstić information content (AvgIpc) is 2.70. The third-order valence-electron chi connectivity index (χ3n) is 2.80. The lowest BCUT2D eigenvalue weighted by Crippen LogP contribution is -2.11. The van der Waals surface area contributed by atoms with Crippen LogP contribution >= 0.6 is 11.3 Å². The Bertz CT molecular complexity index is 371. The summed E-state index contributed by atoms with van der Waals surface area (Å²) in [6.45, 7) is 5.57. The van der Waals surface area contributed by atoms with E-state index >= 15 is 0 Å². The van der Waals surface area contributed by atoms with E-state index in [1.807, 2.05) is 13.8 Å². The van der Waals surface area contributed by atoms with Gasteiger partial charge in [0.1, 0.15) is 0 Å². The maximum atomic E-state index is 12.7. The summed E-state index contributed by atoms with van der Waals surface area (Å²) in [5, 5.41) is 1.58. The van der Waals surface area contributed by atoms with Crippen LogP contribution in [0.15, 0.2) is 5.38 Å². The first-order valence-corrected chi connectivity index (χ1v) is 6.33. The zero-order valence-electron chi connectivity index (χ0n) is 9.72. The monoisotopic (exact) mass is 246 g/mol. The van der Waals surface area contributed by atoms with Crippen molar-refractivity contribution in [2.45, 2.75) is 40.0 Å². The quantitative estimate of drug-likeness (QED) is 0.700. The van der Waals surface area contributed by atoms with Gasteiger partial charge < -0.3 is 0 Å². The molecule has 1 rings (SSSR count). The topological polar surface area (TPSA) is 17.1 Å². The van der Waals surface area contributed by atoms with Crippen molar-refractivity contribution in [2.75, 3.05) is 0 Å². The Balaban J connectivity index is 3.10. The van der Waals surface area contributed by atoms with E-state index in [0.29, 0.717) is 17.5 Å². The second-order valence-electron chi connectivity index (χ2n) is 3.82. The molecule has 0 bridgehead atoms. The largest absolute Gasteiger partial charge is 0.294 e. The molecule has 16 heavy (non-hydrogen) atoms. The van der Waals surface area contributed by atoms with Crippen LogP contribution in [-0.2, 0) is 6.42 Å². The first kappa shape index (κ1) is 13.3. The molecular weight excluding hydrogens is 230 g/mol. The molecule has 0 N–H and O–H groups in total. The number of ketones is 1. The minimum Gasteiger partial charge on any atom is -0.294 e. The van der Waals surface area contributed by atoms with Gasteiger partial charge in [0.2, 0.25) is 0 Å². The molecular formula is C12H16F2OS. The number of thiophene rings is 1. The molecule has 0 amide bonds. The molecule has 0 saturated heterocycles. The standard InChI is InChI=1S/C12H16F2OS/c1-4-7(3)10(15)9-6-16-11(12(13)14)8(9)5-2/h6-7,12H,4-5H2,1-3H3. The summed E-state index contributed by atoms with van der Waals surface area (Å²) in [5.41, 5.74) is 1.03. The van der Waals surface area contributed by atoms with Crippen LogP contribution in [0.1, 0.15) is 54.4 Å². The van der Waals surface area contributed by atoms with E-state index in [1.165, 1.54) is 0 Å². The van der Waals surface area contributed by atoms with Gasteiger partial charge in [0.05, 0.1) is 4.88 Å². The summed E-state index contributed by atoms with van der Waals surface area (Å²) in [4.78, 5) is 12.0. The van der Waals surface area contributed by atoms with E-state index in [-0.39, 0.29) is 16.6 Å². The molecule has 0 aliphatic carbocycles. The number of Topliss-reactive ketones (excluding diaryl/α,β-unsaturated/α-hetero) is 1. The summed E-state index contributed by atoms with van der Waals surface area (Å²) < 4.78 is 25.3. The van der Waals surface area contributed by atoms with Gasteiger partial charge in [-0.25, -0.2) is 8.78 Å². The smallest absolute Gasteiger partial charge is 0.273 e. The molecule has 1 unspecified atom stereocenters. The van der Waals surface area contributed by atoms with Crippen molar-refractivity contribution in [1.29, 1.82) is 0 Å². The minimum absolute atomic E-state index is 0.0116. The Morgan fingerprint density at radius 1 is 1.44 bits per heavy atom. The van der Waals surface area contributed by atoms with E-state index in [4.69, 9.17) is 0 Å². The van der Waals surface area contributed by atoms with Gasteiger partial charge in [0.15, 0.2) is 5.78 Å². The molecule has 0 radical (unpaired) electrons. The highest BCUT2D eigenvalue weighted by molar-refractivity contribution is 7.10. The molecule has 4 heteroatoms. The summed E-state index contributed by atoms with van der Waals surface area (Å²) in [5.74, 6) is -0.104. The number of alkyl halides is 2. The van der Waals surface area contributed by atoms with Crippen molar-refractivity contribution in [3.63, 3.8) is 0 Å². The fraction of sp³-hybridized carbons (Fsp3) is 0.583. The summed E-state index contributed by atoms with van der Waals surface area (Å²) in [7, 11) is 0. The van der Waals surface area contributed by atoms with Crippen LogP contribution in [0.5, 0.6) is 0 Å². The van der Waals surface area contributed by atoms with Crippen molar-refractivity contribution in [3.8, 4) is 0 Å². The highest BCUT2D eigenvalue weighted by Gasteiger charge is 2.23. The Labute approximate surface area is 98.5 Å². The maximum absolute atomic E-state index is 12.7. The molecule has 1 heterocycles. The van der Waals surface area contributed by atoms with Crippen LogP contribution in [0.2, 0.25) is 0 Å². The van der Waals surface area contributed by atoms with Crippen molar-refractivity contribution >= 4 is 17.1 Å². The molecule has 1 atom stereocenters. The van der Waals surface area contributed by atoms with E-state index in [0.717, 1.165) is 17.8 Å². The number of carbonyl (C=O) groups excluding carboxylic acids is 1. The summed E-state index contributed by atoms with van der Waals surface area (Å²) in [6.07, 6.45) is -1.25. The molecule has 1 nitrogen and oxygen atoms in total. The van der Waals surface area contributed by atoms with Gasteiger partial charge in [-0.2, -0.15) is 0 Å². The zero-order valence-corrected chi connectivity index (χ0v) is 10.5. The lowest BCUT2D eigenvalue weighted by Gasteiger charge is -2.08. The fourth-order valence-electron chi connectivity index (χ4n) is 1.60. The van der Waals surface area contributed by atoms with E-state index in [2.05, 4.69) is 0 Å². The lowest BCUT2D eigenvalue weighted by molar-refractivity contribution is 0.0926. The molecule has 0 saturated carbocycles. The molecule has 0 spiro atoms. The van der Waals surface area contributed by atoms with Crippen molar-refractivity contribution in [3.05, 3.63) is 21.4 Å². The van der Waals surface area contributed by atoms with Gasteiger partial charge in [-0.15, -0.1) is 11.3 Å². The highest BCUT2D eigenvalue weighted by atomic mass is 32.1. The van der Waals surface area contributed by atoms with Gasteiger partial charge in [-0.05, 0) is 18.4 Å². The Morgan fingerprint density at radius 3 is 2.50 bits per heavy atom. The lowest BCUT2D eigenvalue weighted by atomic mass is 9.95. The van der Waals surface area contributed by atoms with Crippen molar-refractivity contribution < 1.29 is 13.6 Å². The molecule has 1 aromatic rings. The molecule has 0 aliphatic heterocycles. The predicted octanol–water partition coefficient (Wildman–Crippen LogP) is 4.48. The van der Waals surface area contributed by atoms with Crippen LogP contribution in [0.4, 0.5) is 8.78 Å². The number of hydrogen-bond acceptors (Lipinski definition) is 2. The molecule has 1 aromatic heterocycles. The first-order chi connectivity index (χ1) is 7.52. The number of hydrogen-bond donors (Lipinski definition) is 0. The third kappa shape index (κ3) is 2.48. The normalized spacial score (nSPS) is 13.1. The molecule has 0 aromatic carbocycles. The minimum atomic E-state index is -2.47. The van der Waals surface area contributed by atoms with Crippen molar-refractivity contribution in [1.82, 2.24) is 0 Å². The van der Waals surface area contributed by atoms with Crippen LogP contribution in [0, 0.1) is 5.92 Å². The van der Waals surface area contributed by atoms with Gasteiger partial charge in [0.25, 0.3) is 6.43 Å². The van der Waals surface area contributed by atoms with Gasteiger partial charge in [0, 0.05) is 16.9 Å². The summed E-state index contributed by atoms with van der Waals surface area (Å²) in [6, 6.07) is 0. The predicted molar refractivity (Wildman–Crippen MR) is 62.4 cm³/mol. The third-order valence-corrected chi connectivity index (χ3v) is 3.84. The SMILES string of the molecule is CCc1c(C(=O)C(C)CC)csc1C(F)F. The second-order valence-corrected chi connectivity index (χ2v) is 4.73. The van der Waals surface area contributed by atoms with Crippen LogP contribution < -0.4 is 0 Å². The fourth-order valence-corrected chi connectivity index (χ4v) is 2.61. The Kier molecular flexibility index (Phi) is 4.59. The van der Waals surface area contributed by atoms with Gasteiger partial charge in [-0.3, -0.25) is 4.79 Å². The Morgan fingerprint density at radius 2 is 2.06 bits per heavy atom. The van der Waals surface area contributed by atoms with Crippen LogP contribution in [-0.4, -0.2) is 5.78 Å². The van der Waals surface area contributed by atoms with Crippen LogP contribution in [0.25, 0.3) is 0 Å². The van der Waals surface area contributed by atoms with E-state index in [9.17, 15) is 13.6 Å². The van der Waals surface area contributed by atoms with E-state index < -0.39 is 6.43 Å². The summed E-state index contributed by atoms with van der Waals surface area (Å²) >= 11 is 0.994.